The third kappa shape index (κ3) is 3.89. The summed E-state index contributed by atoms with van der Waals surface area (Å²) in [6.07, 6.45) is 1.40. The summed E-state index contributed by atoms with van der Waals surface area (Å²) < 4.78 is 15.8. The van der Waals surface area contributed by atoms with Crippen LogP contribution in [0.2, 0.25) is 0 Å². The highest BCUT2D eigenvalue weighted by atomic mass is 32.1. The number of nitrogens with zero attached hydrogens (tertiary/aromatic N) is 2. The van der Waals surface area contributed by atoms with Crippen LogP contribution >= 0.6 is 11.3 Å². The van der Waals surface area contributed by atoms with Crippen LogP contribution in [0.15, 0.2) is 52.7 Å². The Kier molecular flexibility index (Phi) is 6.01. The lowest BCUT2D eigenvalue weighted by Gasteiger charge is -2.20. The van der Waals surface area contributed by atoms with Crippen molar-refractivity contribution in [2.45, 2.75) is 19.9 Å². The number of hydrogen-bond acceptors (Lipinski definition) is 9. The van der Waals surface area contributed by atoms with E-state index in [9.17, 15) is 19.5 Å². The molecular weight excluding hydrogens is 448 g/mol. The molecule has 4 rings (SSSR count). The largest absolute Gasteiger partial charge is 0.507 e. The molecule has 1 amide bonds. The van der Waals surface area contributed by atoms with Crippen LogP contribution in [0, 0.1) is 6.92 Å². The summed E-state index contributed by atoms with van der Waals surface area (Å²) in [5.74, 6) is -2.02. The second-order valence-corrected chi connectivity index (χ2v) is 8.03. The summed E-state index contributed by atoms with van der Waals surface area (Å²) in [7, 11) is 1.24. The van der Waals surface area contributed by atoms with Crippen LogP contribution in [0.25, 0.3) is 5.76 Å². The number of aryl methyl sites for hydroxylation is 1. The summed E-state index contributed by atoms with van der Waals surface area (Å²) in [6.45, 7) is 3.85. The van der Waals surface area contributed by atoms with Gasteiger partial charge < -0.3 is 19.0 Å². The van der Waals surface area contributed by atoms with E-state index < -0.39 is 23.7 Å². The van der Waals surface area contributed by atoms with E-state index in [-0.39, 0.29) is 27.1 Å². The van der Waals surface area contributed by atoms with Gasteiger partial charge in [-0.3, -0.25) is 14.5 Å². The van der Waals surface area contributed by atoms with Gasteiger partial charge in [0.1, 0.15) is 28.2 Å². The Morgan fingerprint density at radius 3 is 2.73 bits per heavy atom. The number of carbonyl (C=O) groups excluding carboxylic acids is 3. The van der Waals surface area contributed by atoms with Crippen molar-refractivity contribution in [2.75, 3.05) is 18.6 Å². The molecular formula is C23H20N2O7S. The fourth-order valence-electron chi connectivity index (χ4n) is 3.57. The lowest BCUT2D eigenvalue weighted by Crippen LogP contribution is -2.29. The number of rotatable bonds is 6. The maximum Gasteiger partial charge on any atom is 0.350 e. The normalized spacial score (nSPS) is 17.4. The van der Waals surface area contributed by atoms with Gasteiger partial charge in [-0.05, 0) is 38.1 Å². The number of anilines is 1. The summed E-state index contributed by atoms with van der Waals surface area (Å²) in [5.41, 5.74) is 0.503. The van der Waals surface area contributed by atoms with Crippen LogP contribution in [-0.2, 0) is 14.3 Å². The SMILES string of the molecule is CCOc1cccc(C(O)=C2C(=O)C(=O)N(c3nc(C)c(C(=O)OC)s3)C2c2ccco2)c1. The summed E-state index contributed by atoms with van der Waals surface area (Å²) >= 11 is 0.916. The van der Waals surface area contributed by atoms with E-state index in [1.807, 2.05) is 6.92 Å². The van der Waals surface area contributed by atoms with Crippen molar-refractivity contribution in [3.05, 3.63) is 70.1 Å². The van der Waals surface area contributed by atoms with Crippen molar-refractivity contribution in [1.82, 2.24) is 4.98 Å². The van der Waals surface area contributed by atoms with E-state index >= 15 is 0 Å². The smallest absolute Gasteiger partial charge is 0.350 e. The van der Waals surface area contributed by atoms with Gasteiger partial charge >= 0.3 is 11.9 Å². The maximum atomic E-state index is 13.1. The number of hydrogen-bond donors (Lipinski definition) is 1. The molecule has 0 radical (unpaired) electrons. The molecule has 0 bridgehead atoms. The summed E-state index contributed by atoms with van der Waals surface area (Å²) in [5, 5.41) is 11.2. The number of aliphatic hydroxyl groups excluding tert-OH is 1. The van der Waals surface area contributed by atoms with E-state index in [4.69, 9.17) is 13.9 Å². The van der Waals surface area contributed by atoms with Crippen LogP contribution in [-0.4, -0.2) is 41.5 Å². The highest BCUT2D eigenvalue weighted by Gasteiger charge is 2.49. The van der Waals surface area contributed by atoms with E-state index in [1.54, 1.807) is 43.3 Å². The molecule has 0 aliphatic carbocycles. The minimum atomic E-state index is -1.08. The first-order valence-corrected chi connectivity index (χ1v) is 10.8. The highest BCUT2D eigenvalue weighted by Crippen LogP contribution is 2.44. The minimum absolute atomic E-state index is 0.110. The van der Waals surface area contributed by atoms with E-state index in [2.05, 4.69) is 4.98 Å². The molecule has 1 aliphatic rings. The number of aliphatic hydroxyl groups is 1. The molecule has 1 unspecified atom stereocenters. The Labute approximate surface area is 192 Å². The molecule has 3 heterocycles. The Bertz CT molecular complexity index is 1260. The number of furan rings is 1. The number of benzene rings is 1. The molecule has 1 aliphatic heterocycles. The van der Waals surface area contributed by atoms with Crippen molar-refractivity contribution in [3.8, 4) is 5.75 Å². The monoisotopic (exact) mass is 468 g/mol. The first-order valence-electron chi connectivity index (χ1n) is 10.0. The standard InChI is InChI=1S/C23H20N2O7S/c1-4-31-14-8-5-7-13(11-14)18(26)16-17(15-9-6-10-32-15)25(21(28)19(16)27)23-24-12(2)20(33-23)22(29)30-3/h5-11,17,26H,4H2,1-3H3. The number of esters is 1. The number of carbonyl (C=O) groups is 3. The number of ether oxygens (including phenoxy) is 2. The molecule has 0 spiro atoms. The van der Waals surface area contributed by atoms with Crippen molar-refractivity contribution in [1.29, 1.82) is 0 Å². The quantitative estimate of drug-likeness (QED) is 0.251. The molecule has 1 N–H and O–H groups in total. The molecule has 2 aromatic heterocycles. The number of aromatic nitrogens is 1. The fourth-order valence-corrected chi connectivity index (χ4v) is 4.58. The summed E-state index contributed by atoms with van der Waals surface area (Å²) in [6, 6.07) is 8.70. The van der Waals surface area contributed by atoms with E-state index in [0.717, 1.165) is 16.2 Å². The molecule has 1 saturated heterocycles. The molecule has 9 nitrogen and oxygen atoms in total. The van der Waals surface area contributed by atoms with Gasteiger partial charge in [-0.2, -0.15) is 0 Å². The Hall–Kier alpha value is -3.92. The van der Waals surface area contributed by atoms with E-state index in [1.165, 1.54) is 13.4 Å². The van der Waals surface area contributed by atoms with Gasteiger partial charge in [-0.15, -0.1) is 0 Å². The third-order valence-electron chi connectivity index (χ3n) is 5.04. The van der Waals surface area contributed by atoms with Gasteiger partial charge in [0.2, 0.25) is 0 Å². The average molecular weight is 468 g/mol. The molecule has 3 aromatic rings. The van der Waals surface area contributed by atoms with Gasteiger partial charge in [0.15, 0.2) is 5.13 Å². The van der Waals surface area contributed by atoms with E-state index in [0.29, 0.717) is 23.6 Å². The first-order chi connectivity index (χ1) is 15.9. The number of methoxy groups -OCH3 is 1. The van der Waals surface area contributed by atoms with Gasteiger partial charge in [0.25, 0.3) is 5.78 Å². The van der Waals surface area contributed by atoms with Gasteiger partial charge in [0, 0.05) is 5.56 Å². The summed E-state index contributed by atoms with van der Waals surface area (Å²) in [4.78, 5) is 43.9. The molecule has 170 valence electrons. The number of amides is 1. The average Bonchev–Trinajstić information content (AvgIpc) is 3.52. The van der Waals surface area contributed by atoms with Gasteiger partial charge in [-0.25, -0.2) is 9.78 Å². The minimum Gasteiger partial charge on any atom is -0.507 e. The molecule has 1 aromatic carbocycles. The predicted molar refractivity (Wildman–Crippen MR) is 119 cm³/mol. The molecule has 1 atom stereocenters. The third-order valence-corrected chi connectivity index (χ3v) is 6.17. The maximum absolute atomic E-state index is 13.1. The lowest BCUT2D eigenvalue weighted by molar-refractivity contribution is -0.132. The van der Waals surface area contributed by atoms with Gasteiger partial charge in [-0.1, -0.05) is 23.5 Å². The van der Waals surface area contributed by atoms with Crippen LogP contribution < -0.4 is 9.64 Å². The fraction of sp³-hybridized carbons (Fsp3) is 0.217. The van der Waals surface area contributed by atoms with Crippen molar-refractivity contribution in [2.24, 2.45) is 0 Å². The zero-order valence-electron chi connectivity index (χ0n) is 18.0. The molecule has 1 fully saturated rings. The molecule has 10 heteroatoms. The Morgan fingerprint density at radius 2 is 2.06 bits per heavy atom. The second-order valence-electron chi connectivity index (χ2n) is 7.05. The predicted octanol–water partition coefficient (Wildman–Crippen LogP) is 3.86. The Morgan fingerprint density at radius 1 is 1.27 bits per heavy atom. The van der Waals surface area contributed by atoms with Crippen molar-refractivity contribution in [3.63, 3.8) is 0 Å². The van der Waals surface area contributed by atoms with Gasteiger partial charge in [0.05, 0.1) is 31.2 Å². The van der Waals surface area contributed by atoms with Crippen molar-refractivity contribution < 1.29 is 33.4 Å². The molecule has 33 heavy (non-hydrogen) atoms. The van der Waals surface area contributed by atoms with Crippen LogP contribution in [0.5, 0.6) is 5.75 Å². The zero-order chi connectivity index (χ0) is 23.7. The number of Topliss-reactive ketones (excluding diaryl/α,β-unsaturated/α-hetero) is 1. The van der Waals surface area contributed by atoms with Crippen LogP contribution in [0.1, 0.15) is 39.7 Å². The number of thiazole rings is 1. The zero-order valence-corrected chi connectivity index (χ0v) is 18.8. The first kappa shape index (κ1) is 22.3. The molecule has 0 saturated carbocycles. The number of ketones is 1. The van der Waals surface area contributed by atoms with Crippen molar-refractivity contribution >= 4 is 39.9 Å². The highest BCUT2D eigenvalue weighted by molar-refractivity contribution is 7.17. The lowest BCUT2D eigenvalue weighted by atomic mass is 9.99. The van der Waals surface area contributed by atoms with Crippen LogP contribution in [0.4, 0.5) is 5.13 Å². The Balaban J connectivity index is 1.88. The topological polar surface area (TPSA) is 119 Å². The second kappa shape index (κ2) is 8.91. The van der Waals surface area contributed by atoms with Crippen LogP contribution in [0.3, 0.4) is 0 Å².